The van der Waals surface area contributed by atoms with E-state index in [9.17, 15) is 0 Å². The fourth-order valence-corrected chi connectivity index (χ4v) is 2.63. The number of hydrogen-bond donors (Lipinski definition) is 0. The van der Waals surface area contributed by atoms with Crippen LogP contribution in [0, 0.1) is 0 Å². The van der Waals surface area contributed by atoms with Crippen LogP contribution in [0.5, 0.6) is 0 Å². The Morgan fingerprint density at radius 3 is 2.80 bits per heavy atom. The highest BCUT2D eigenvalue weighted by atomic mass is 35.5. The third-order valence-corrected chi connectivity index (χ3v) is 3.70. The molecule has 1 aromatic carbocycles. The van der Waals surface area contributed by atoms with Crippen LogP contribution in [0.25, 0.3) is 10.9 Å². The van der Waals surface area contributed by atoms with Crippen molar-refractivity contribution in [2.24, 2.45) is 0 Å². The predicted molar refractivity (Wildman–Crippen MR) is 82.2 cm³/mol. The molecule has 0 bridgehead atoms. The van der Waals surface area contributed by atoms with Crippen molar-refractivity contribution in [2.75, 3.05) is 0 Å². The summed E-state index contributed by atoms with van der Waals surface area (Å²) in [5.41, 5.74) is 3.18. The van der Waals surface area contributed by atoms with E-state index in [1.807, 2.05) is 35.1 Å². The van der Waals surface area contributed by atoms with Crippen LogP contribution in [-0.2, 0) is 6.54 Å². The van der Waals surface area contributed by atoms with Gasteiger partial charge in [-0.05, 0) is 35.7 Å². The zero-order valence-electron chi connectivity index (χ0n) is 11.5. The molecule has 2 aromatic heterocycles. The van der Waals surface area contributed by atoms with Gasteiger partial charge in [0.05, 0.1) is 29.0 Å². The van der Waals surface area contributed by atoms with Gasteiger partial charge in [0.15, 0.2) is 0 Å². The van der Waals surface area contributed by atoms with E-state index in [0.717, 1.165) is 21.6 Å². The number of halogens is 1. The normalized spacial score (nSPS) is 11.4. The Bertz CT molecular complexity index is 732. The van der Waals surface area contributed by atoms with Crippen LogP contribution in [0.2, 0.25) is 5.02 Å². The molecular formula is C16H16ClN3. The SMILES string of the molecule is CC(C)c1cc(Cl)c2c(cnn2Cc2ccccn2)c1. The van der Waals surface area contributed by atoms with Gasteiger partial charge in [-0.2, -0.15) is 5.10 Å². The predicted octanol–water partition coefficient (Wildman–Crippen LogP) is 4.26. The summed E-state index contributed by atoms with van der Waals surface area (Å²) in [6.07, 6.45) is 3.66. The molecule has 0 saturated carbocycles. The summed E-state index contributed by atoms with van der Waals surface area (Å²) in [6, 6.07) is 10.1. The first-order chi connectivity index (χ1) is 9.65. The van der Waals surface area contributed by atoms with Gasteiger partial charge < -0.3 is 0 Å². The van der Waals surface area contributed by atoms with E-state index < -0.39 is 0 Å². The lowest BCUT2D eigenvalue weighted by Crippen LogP contribution is -2.03. The average molecular weight is 286 g/mol. The van der Waals surface area contributed by atoms with Crippen LogP contribution in [0.3, 0.4) is 0 Å². The maximum absolute atomic E-state index is 6.44. The van der Waals surface area contributed by atoms with E-state index in [1.165, 1.54) is 5.56 Å². The van der Waals surface area contributed by atoms with E-state index in [0.29, 0.717) is 12.5 Å². The van der Waals surface area contributed by atoms with Gasteiger partial charge in [0.25, 0.3) is 0 Å². The second-order valence-corrected chi connectivity index (χ2v) is 5.63. The topological polar surface area (TPSA) is 30.7 Å². The van der Waals surface area contributed by atoms with Crippen LogP contribution in [0.1, 0.15) is 31.0 Å². The Morgan fingerprint density at radius 1 is 1.25 bits per heavy atom. The van der Waals surface area contributed by atoms with Crippen LogP contribution in [0.15, 0.2) is 42.7 Å². The first-order valence-electron chi connectivity index (χ1n) is 6.70. The van der Waals surface area contributed by atoms with Gasteiger partial charge in [-0.3, -0.25) is 9.67 Å². The van der Waals surface area contributed by atoms with Crippen LogP contribution in [-0.4, -0.2) is 14.8 Å². The van der Waals surface area contributed by atoms with Crippen molar-refractivity contribution in [1.29, 1.82) is 0 Å². The molecule has 0 aliphatic heterocycles. The lowest BCUT2D eigenvalue weighted by molar-refractivity contribution is 0.696. The summed E-state index contributed by atoms with van der Waals surface area (Å²) in [5.74, 6) is 0.455. The van der Waals surface area contributed by atoms with Gasteiger partial charge in [-0.1, -0.05) is 31.5 Å². The zero-order valence-corrected chi connectivity index (χ0v) is 12.3. The molecule has 0 unspecified atom stereocenters. The summed E-state index contributed by atoms with van der Waals surface area (Å²) in [5, 5.41) is 6.27. The van der Waals surface area contributed by atoms with Crippen LogP contribution >= 0.6 is 11.6 Å². The smallest absolute Gasteiger partial charge is 0.0873 e. The number of nitrogens with zero attached hydrogens (tertiary/aromatic N) is 3. The molecule has 0 atom stereocenters. The molecule has 20 heavy (non-hydrogen) atoms. The first-order valence-corrected chi connectivity index (χ1v) is 7.08. The number of rotatable bonds is 3. The molecule has 0 spiro atoms. The van der Waals surface area contributed by atoms with Crippen molar-refractivity contribution in [1.82, 2.24) is 14.8 Å². The van der Waals surface area contributed by atoms with Gasteiger partial charge >= 0.3 is 0 Å². The highest BCUT2D eigenvalue weighted by molar-refractivity contribution is 6.35. The molecule has 0 radical (unpaired) electrons. The standard InChI is InChI=1S/C16H16ClN3/c1-11(2)12-7-13-9-19-20(16(13)15(17)8-12)10-14-5-3-4-6-18-14/h3-9,11H,10H2,1-2H3. The summed E-state index contributed by atoms with van der Waals surface area (Å²) in [7, 11) is 0. The number of pyridine rings is 1. The number of hydrogen-bond acceptors (Lipinski definition) is 2. The minimum Gasteiger partial charge on any atom is -0.259 e. The molecule has 4 heteroatoms. The monoisotopic (exact) mass is 285 g/mol. The van der Waals surface area contributed by atoms with E-state index in [4.69, 9.17) is 11.6 Å². The van der Waals surface area contributed by atoms with Crippen molar-refractivity contribution in [3.05, 3.63) is 59.0 Å². The molecule has 102 valence electrons. The van der Waals surface area contributed by atoms with Gasteiger partial charge in [0.2, 0.25) is 0 Å². The second kappa shape index (κ2) is 5.25. The van der Waals surface area contributed by atoms with Crippen molar-refractivity contribution in [2.45, 2.75) is 26.3 Å². The summed E-state index contributed by atoms with van der Waals surface area (Å²) >= 11 is 6.44. The van der Waals surface area contributed by atoms with Crippen molar-refractivity contribution in [3.8, 4) is 0 Å². The highest BCUT2D eigenvalue weighted by Crippen LogP contribution is 2.29. The van der Waals surface area contributed by atoms with Gasteiger partial charge in [-0.15, -0.1) is 0 Å². The highest BCUT2D eigenvalue weighted by Gasteiger charge is 2.11. The minimum absolute atomic E-state index is 0.455. The summed E-state index contributed by atoms with van der Waals surface area (Å²) in [6.45, 7) is 4.96. The number of aromatic nitrogens is 3. The maximum Gasteiger partial charge on any atom is 0.0873 e. The van der Waals surface area contributed by atoms with E-state index in [-0.39, 0.29) is 0 Å². The van der Waals surface area contributed by atoms with Crippen molar-refractivity contribution >= 4 is 22.5 Å². The van der Waals surface area contributed by atoms with Crippen molar-refractivity contribution < 1.29 is 0 Å². The third-order valence-electron chi connectivity index (χ3n) is 3.41. The largest absolute Gasteiger partial charge is 0.259 e. The molecule has 2 heterocycles. The lowest BCUT2D eigenvalue weighted by atomic mass is 10.0. The fourth-order valence-electron chi connectivity index (χ4n) is 2.30. The first kappa shape index (κ1) is 13.1. The van der Waals surface area contributed by atoms with Crippen molar-refractivity contribution in [3.63, 3.8) is 0 Å². The molecule has 0 fully saturated rings. The summed E-state index contributed by atoms with van der Waals surface area (Å²) < 4.78 is 1.91. The summed E-state index contributed by atoms with van der Waals surface area (Å²) in [4.78, 5) is 4.33. The van der Waals surface area contributed by atoms with Gasteiger partial charge in [0.1, 0.15) is 0 Å². The molecule has 0 aliphatic carbocycles. The Balaban J connectivity index is 2.05. The fraction of sp³-hybridized carbons (Fsp3) is 0.250. The van der Waals surface area contributed by atoms with Crippen LogP contribution in [0.4, 0.5) is 0 Å². The second-order valence-electron chi connectivity index (χ2n) is 5.22. The Hall–Kier alpha value is -1.87. The lowest BCUT2D eigenvalue weighted by Gasteiger charge is -2.08. The molecule has 0 N–H and O–H groups in total. The molecular weight excluding hydrogens is 270 g/mol. The molecule has 0 saturated heterocycles. The quantitative estimate of drug-likeness (QED) is 0.720. The molecule has 3 aromatic rings. The Labute approximate surface area is 123 Å². The minimum atomic E-state index is 0.455. The van der Waals surface area contributed by atoms with Gasteiger partial charge in [0, 0.05) is 11.6 Å². The number of benzene rings is 1. The number of fused-ring (bicyclic) bond motifs is 1. The van der Waals surface area contributed by atoms with Crippen LogP contribution < -0.4 is 0 Å². The Kier molecular flexibility index (Phi) is 3.45. The molecule has 0 amide bonds. The molecule has 3 rings (SSSR count). The third kappa shape index (κ3) is 2.41. The Morgan fingerprint density at radius 2 is 2.10 bits per heavy atom. The van der Waals surface area contributed by atoms with E-state index in [1.54, 1.807) is 6.20 Å². The zero-order chi connectivity index (χ0) is 14.1. The van der Waals surface area contributed by atoms with E-state index >= 15 is 0 Å². The van der Waals surface area contributed by atoms with E-state index in [2.05, 4.69) is 30.0 Å². The molecule has 0 aliphatic rings. The maximum atomic E-state index is 6.44. The molecule has 3 nitrogen and oxygen atoms in total. The average Bonchev–Trinajstić information content (AvgIpc) is 2.83. The van der Waals surface area contributed by atoms with Gasteiger partial charge in [-0.25, -0.2) is 0 Å².